The fourth-order valence-electron chi connectivity index (χ4n) is 3.73. The third-order valence-electron chi connectivity index (χ3n) is 5.18. The molecule has 0 bridgehead atoms. The largest absolute Gasteiger partial charge is 0.494 e. The SMILES string of the molecule is COc1c[nH]c2ncc(-c3cnc4c(c3)N(C[C@H]3COCCO3)C(=O)C4)cc12. The molecular formula is C20H20N4O4. The van der Waals surface area contributed by atoms with E-state index in [2.05, 4.69) is 15.0 Å². The van der Waals surface area contributed by atoms with E-state index in [4.69, 9.17) is 14.2 Å². The second-order valence-corrected chi connectivity index (χ2v) is 6.92. The van der Waals surface area contributed by atoms with Gasteiger partial charge in [-0.2, -0.15) is 0 Å². The maximum Gasteiger partial charge on any atom is 0.233 e. The molecule has 1 saturated heterocycles. The first-order valence-corrected chi connectivity index (χ1v) is 9.23. The highest BCUT2D eigenvalue weighted by molar-refractivity contribution is 6.01. The van der Waals surface area contributed by atoms with Gasteiger partial charge in [0.25, 0.3) is 0 Å². The molecule has 0 aliphatic carbocycles. The predicted molar refractivity (Wildman–Crippen MR) is 102 cm³/mol. The van der Waals surface area contributed by atoms with Crippen molar-refractivity contribution in [1.29, 1.82) is 0 Å². The number of hydrogen-bond acceptors (Lipinski definition) is 6. The van der Waals surface area contributed by atoms with Crippen LogP contribution >= 0.6 is 0 Å². The van der Waals surface area contributed by atoms with Crippen molar-refractivity contribution in [3.8, 4) is 16.9 Å². The van der Waals surface area contributed by atoms with Crippen LogP contribution in [0.4, 0.5) is 5.69 Å². The van der Waals surface area contributed by atoms with Crippen LogP contribution in [0, 0.1) is 0 Å². The van der Waals surface area contributed by atoms with Crippen molar-refractivity contribution in [2.24, 2.45) is 0 Å². The van der Waals surface area contributed by atoms with Crippen LogP contribution < -0.4 is 9.64 Å². The lowest BCUT2D eigenvalue weighted by atomic mass is 10.1. The number of carbonyl (C=O) groups excluding carboxylic acids is 1. The Morgan fingerprint density at radius 2 is 2.11 bits per heavy atom. The molecule has 2 aliphatic heterocycles. The molecule has 0 radical (unpaired) electrons. The highest BCUT2D eigenvalue weighted by Gasteiger charge is 2.31. The standard InChI is InChI=1S/C20H20N4O4/c1-26-18-9-23-20-15(18)4-12(8-22-20)13-5-17-16(21-7-13)6-19(25)24(17)10-14-11-27-2-3-28-14/h4-5,7-9,14H,2-3,6,10-11H2,1H3,(H,22,23)/t14-/m0/s1. The molecule has 2 aliphatic rings. The maximum atomic E-state index is 12.5. The van der Waals surface area contributed by atoms with Gasteiger partial charge in [0.2, 0.25) is 5.91 Å². The van der Waals surface area contributed by atoms with Crippen molar-refractivity contribution in [2.45, 2.75) is 12.5 Å². The zero-order valence-corrected chi connectivity index (χ0v) is 15.5. The number of H-pyrrole nitrogens is 1. The van der Waals surface area contributed by atoms with Crippen LogP contribution in [0.3, 0.4) is 0 Å². The Bertz CT molecular complexity index is 1040. The van der Waals surface area contributed by atoms with Gasteiger partial charge in [0.1, 0.15) is 11.4 Å². The molecule has 8 heteroatoms. The highest BCUT2D eigenvalue weighted by atomic mass is 16.6. The minimum absolute atomic E-state index is 0.0368. The normalized spacial score (nSPS) is 19.2. The summed E-state index contributed by atoms with van der Waals surface area (Å²) >= 11 is 0. The number of fused-ring (bicyclic) bond motifs is 2. The summed E-state index contributed by atoms with van der Waals surface area (Å²) in [5.74, 6) is 0.777. The number of nitrogens with zero attached hydrogens (tertiary/aromatic N) is 3. The number of anilines is 1. The van der Waals surface area contributed by atoms with Gasteiger partial charge in [-0.1, -0.05) is 0 Å². The molecule has 5 rings (SSSR count). The first kappa shape index (κ1) is 17.2. The Balaban J connectivity index is 1.49. The first-order valence-electron chi connectivity index (χ1n) is 9.23. The van der Waals surface area contributed by atoms with E-state index in [-0.39, 0.29) is 12.0 Å². The fraction of sp³-hybridized carbons (Fsp3) is 0.350. The quantitative estimate of drug-likeness (QED) is 0.744. The molecule has 144 valence electrons. The molecule has 3 aromatic heterocycles. The van der Waals surface area contributed by atoms with E-state index in [1.165, 1.54) is 0 Å². The molecule has 0 saturated carbocycles. The van der Waals surface area contributed by atoms with Gasteiger partial charge in [0.15, 0.2) is 0 Å². The van der Waals surface area contributed by atoms with E-state index in [0.717, 1.165) is 39.3 Å². The number of nitrogens with one attached hydrogen (secondary N) is 1. The number of carbonyl (C=O) groups is 1. The van der Waals surface area contributed by atoms with Crippen LogP contribution in [-0.2, 0) is 20.7 Å². The lowest BCUT2D eigenvalue weighted by Gasteiger charge is -2.27. The molecule has 1 amide bonds. The monoisotopic (exact) mass is 380 g/mol. The number of aromatic amines is 1. The highest BCUT2D eigenvalue weighted by Crippen LogP contribution is 2.34. The van der Waals surface area contributed by atoms with Gasteiger partial charge in [-0.25, -0.2) is 4.98 Å². The van der Waals surface area contributed by atoms with Gasteiger partial charge in [-0.3, -0.25) is 9.78 Å². The summed E-state index contributed by atoms with van der Waals surface area (Å²) in [5.41, 5.74) is 4.20. The number of rotatable bonds is 4. The number of methoxy groups -OCH3 is 1. The van der Waals surface area contributed by atoms with Crippen LogP contribution in [0.15, 0.2) is 30.7 Å². The van der Waals surface area contributed by atoms with Crippen molar-refractivity contribution < 1.29 is 19.0 Å². The zero-order valence-electron chi connectivity index (χ0n) is 15.5. The summed E-state index contributed by atoms with van der Waals surface area (Å²) in [6.45, 7) is 2.13. The Morgan fingerprint density at radius 3 is 2.93 bits per heavy atom. The van der Waals surface area contributed by atoms with E-state index in [1.54, 1.807) is 30.6 Å². The molecule has 1 N–H and O–H groups in total. The molecule has 0 unspecified atom stereocenters. The summed E-state index contributed by atoms with van der Waals surface area (Å²) in [6.07, 6.45) is 5.56. The van der Waals surface area contributed by atoms with Crippen LogP contribution in [0.1, 0.15) is 5.69 Å². The molecule has 8 nitrogen and oxygen atoms in total. The molecule has 0 spiro atoms. The van der Waals surface area contributed by atoms with E-state index in [1.807, 2.05) is 12.1 Å². The molecular weight excluding hydrogens is 360 g/mol. The molecule has 5 heterocycles. The zero-order chi connectivity index (χ0) is 19.1. The minimum Gasteiger partial charge on any atom is -0.494 e. The third kappa shape index (κ3) is 2.90. The van der Waals surface area contributed by atoms with Gasteiger partial charge in [-0.15, -0.1) is 0 Å². The molecule has 1 atom stereocenters. The van der Waals surface area contributed by atoms with Gasteiger partial charge in [0.05, 0.1) is 62.8 Å². The predicted octanol–water partition coefficient (Wildman–Crippen LogP) is 1.94. The van der Waals surface area contributed by atoms with Crippen molar-refractivity contribution >= 4 is 22.6 Å². The average molecular weight is 380 g/mol. The number of amides is 1. The maximum absolute atomic E-state index is 12.5. The van der Waals surface area contributed by atoms with E-state index in [0.29, 0.717) is 32.8 Å². The Morgan fingerprint density at radius 1 is 1.25 bits per heavy atom. The van der Waals surface area contributed by atoms with Crippen LogP contribution in [0.25, 0.3) is 22.2 Å². The van der Waals surface area contributed by atoms with Crippen molar-refractivity contribution in [1.82, 2.24) is 15.0 Å². The number of ether oxygens (including phenoxy) is 3. The number of hydrogen-bond donors (Lipinski definition) is 1. The second kappa shape index (κ2) is 6.88. The topological polar surface area (TPSA) is 89.6 Å². The summed E-state index contributed by atoms with van der Waals surface area (Å²) in [6, 6.07) is 4.01. The Hall–Kier alpha value is -2.97. The van der Waals surface area contributed by atoms with E-state index >= 15 is 0 Å². The Labute approximate surface area is 161 Å². The first-order chi connectivity index (χ1) is 13.7. The average Bonchev–Trinajstić information content (AvgIpc) is 3.28. The lowest BCUT2D eigenvalue weighted by Crippen LogP contribution is -2.41. The fourth-order valence-corrected chi connectivity index (χ4v) is 3.73. The van der Waals surface area contributed by atoms with Gasteiger partial charge < -0.3 is 24.1 Å². The van der Waals surface area contributed by atoms with Crippen molar-refractivity contribution in [3.05, 3.63) is 36.4 Å². The summed E-state index contributed by atoms with van der Waals surface area (Å²) in [5, 5.41) is 0.904. The minimum atomic E-state index is -0.116. The van der Waals surface area contributed by atoms with Crippen LogP contribution in [0.2, 0.25) is 0 Å². The lowest BCUT2D eigenvalue weighted by molar-refractivity contribution is -0.119. The van der Waals surface area contributed by atoms with Crippen LogP contribution in [0.5, 0.6) is 5.75 Å². The molecule has 3 aromatic rings. The van der Waals surface area contributed by atoms with Gasteiger partial charge in [-0.05, 0) is 12.1 Å². The summed E-state index contributed by atoms with van der Waals surface area (Å²) < 4.78 is 16.6. The van der Waals surface area contributed by atoms with Crippen molar-refractivity contribution in [2.75, 3.05) is 38.4 Å². The van der Waals surface area contributed by atoms with Gasteiger partial charge >= 0.3 is 0 Å². The molecule has 0 aromatic carbocycles. The number of aromatic nitrogens is 3. The third-order valence-corrected chi connectivity index (χ3v) is 5.18. The molecule has 28 heavy (non-hydrogen) atoms. The second-order valence-electron chi connectivity index (χ2n) is 6.92. The summed E-state index contributed by atoms with van der Waals surface area (Å²) in [4.78, 5) is 26.4. The van der Waals surface area contributed by atoms with Crippen LogP contribution in [-0.4, -0.2) is 60.4 Å². The van der Waals surface area contributed by atoms with E-state index in [9.17, 15) is 4.79 Å². The van der Waals surface area contributed by atoms with Gasteiger partial charge in [0, 0.05) is 29.7 Å². The summed E-state index contributed by atoms with van der Waals surface area (Å²) in [7, 11) is 1.63. The Kier molecular flexibility index (Phi) is 4.22. The smallest absolute Gasteiger partial charge is 0.233 e. The van der Waals surface area contributed by atoms with Crippen molar-refractivity contribution in [3.63, 3.8) is 0 Å². The van der Waals surface area contributed by atoms with E-state index < -0.39 is 0 Å². The molecule has 1 fully saturated rings. The number of pyridine rings is 2.